The third-order valence-corrected chi connectivity index (χ3v) is 4.63. The van der Waals surface area contributed by atoms with Gasteiger partial charge in [0.2, 0.25) is 6.43 Å². The minimum absolute atomic E-state index is 0.00773. The van der Waals surface area contributed by atoms with Gasteiger partial charge in [-0.15, -0.1) is 11.8 Å². The standard InChI is InChI=1S/C17H32F2O2S/c1-4-5-10-15(17(20)21-13-14(2)3)22-12-9-7-6-8-11-16(18)19/h14-16H,4-13H2,1-3H3. The molecular weight excluding hydrogens is 306 g/mol. The number of thioether (sulfide) groups is 1. The van der Waals surface area contributed by atoms with E-state index in [0.717, 1.165) is 44.3 Å². The van der Waals surface area contributed by atoms with Gasteiger partial charge < -0.3 is 4.74 Å². The van der Waals surface area contributed by atoms with E-state index in [1.54, 1.807) is 11.8 Å². The predicted octanol–water partition coefficient (Wildman–Crippen LogP) is 5.69. The lowest BCUT2D eigenvalue weighted by molar-refractivity contribution is -0.144. The molecule has 0 aliphatic heterocycles. The maximum atomic E-state index is 12.1. The van der Waals surface area contributed by atoms with E-state index in [4.69, 9.17) is 4.74 Å². The van der Waals surface area contributed by atoms with Crippen LogP contribution in [0.1, 0.15) is 72.1 Å². The molecule has 0 saturated heterocycles. The van der Waals surface area contributed by atoms with Crippen molar-refractivity contribution < 1.29 is 18.3 Å². The molecule has 0 heterocycles. The predicted molar refractivity (Wildman–Crippen MR) is 90.7 cm³/mol. The highest BCUT2D eigenvalue weighted by Gasteiger charge is 2.20. The maximum absolute atomic E-state index is 12.1. The molecule has 1 atom stereocenters. The molecule has 0 rings (SSSR count). The molecule has 2 nitrogen and oxygen atoms in total. The molecule has 1 unspecified atom stereocenters. The summed E-state index contributed by atoms with van der Waals surface area (Å²) in [6, 6.07) is 0. The van der Waals surface area contributed by atoms with Crippen molar-refractivity contribution in [2.45, 2.75) is 83.8 Å². The minimum Gasteiger partial charge on any atom is -0.465 e. The van der Waals surface area contributed by atoms with Crippen LogP contribution in [-0.4, -0.2) is 30.0 Å². The van der Waals surface area contributed by atoms with Crippen molar-refractivity contribution >= 4 is 17.7 Å². The number of carbonyl (C=O) groups excluding carboxylic acids is 1. The first-order chi connectivity index (χ1) is 10.5. The van der Waals surface area contributed by atoms with E-state index in [0.29, 0.717) is 18.9 Å². The quantitative estimate of drug-likeness (QED) is 0.300. The molecule has 0 fully saturated rings. The summed E-state index contributed by atoms with van der Waals surface area (Å²) in [6.45, 7) is 6.65. The second-order valence-corrected chi connectivity index (χ2v) is 7.43. The monoisotopic (exact) mass is 338 g/mol. The largest absolute Gasteiger partial charge is 0.465 e. The summed E-state index contributed by atoms with van der Waals surface area (Å²) in [6.07, 6.45) is 4.18. The first-order valence-corrected chi connectivity index (χ1v) is 9.58. The van der Waals surface area contributed by atoms with Crippen LogP contribution in [0, 0.1) is 5.92 Å². The fourth-order valence-corrected chi connectivity index (χ4v) is 3.17. The fourth-order valence-electron chi connectivity index (χ4n) is 1.98. The number of ether oxygens (including phenoxy) is 1. The van der Waals surface area contributed by atoms with E-state index in [1.807, 2.05) is 13.8 Å². The van der Waals surface area contributed by atoms with Crippen molar-refractivity contribution in [1.82, 2.24) is 0 Å². The summed E-state index contributed by atoms with van der Waals surface area (Å²) >= 11 is 1.66. The van der Waals surface area contributed by atoms with Gasteiger partial charge in [-0.1, -0.05) is 46.5 Å². The van der Waals surface area contributed by atoms with Crippen LogP contribution in [0.15, 0.2) is 0 Å². The van der Waals surface area contributed by atoms with E-state index in [1.165, 1.54) is 0 Å². The van der Waals surface area contributed by atoms with Gasteiger partial charge in [0.05, 0.1) is 6.61 Å². The highest BCUT2D eigenvalue weighted by molar-refractivity contribution is 8.00. The number of rotatable bonds is 14. The van der Waals surface area contributed by atoms with E-state index in [-0.39, 0.29) is 17.6 Å². The Balaban J connectivity index is 3.86. The lowest BCUT2D eigenvalue weighted by atomic mass is 10.2. The molecule has 132 valence electrons. The van der Waals surface area contributed by atoms with Crippen LogP contribution >= 0.6 is 11.8 Å². The molecule has 0 saturated carbocycles. The van der Waals surface area contributed by atoms with Gasteiger partial charge in [0, 0.05) is 6.42 Å². The second-order valence-electron chi connectivity index (χ2n) is 6.12. The first kappa shape index (κ1) is 21.7. The Kier molecular flexibility index (Phi) is 14.1. The van der Waals surface area contributed by atoms with Gasteiger partial charge in [0.15, 0.2) is 0 Å². The average molecular weight is 339 g/mol. The van der Waals surface area contributed by atoms with Crippen molar-refractivity contribution in [1.29, 1.82) is 0 Å². The number of unbranched alkanes of at least 4 members (excludes halogenated alkanes) is 4. The molecule has 0 spiro atoms. The van der Waals surface area contributed by atoms with Crippen LogP contribution < -0.4 is 0 Å². The van der Waals surface area contributed by atoms with Crippen molar-refractivity contribution in [2.75, 3.05) is 12.4 Å². The normalized spacial score (nSPS) is 12.9. The highest BCUT2D eigenvalue weighted by Crippen LogP contribution is 2.21. The summed E-state index contributed by atoms with van der Waals surface area (Å²) in [5.74, 6) is 1.17. The van der Waals surface area contributed by atoms with Gasteiger partial charge in [-0.25, -0.2) is 8.78 Å². The van der Waals surface area contributed by atoms with Crippen molar-refractivity contribution in [2.24, 2.45) is 5.92 Å². The molecule has 0 aliphatic carbocycles. The Morgan fingerprint density at radius 2 is 1.73 bits per heavy atom. The average Bonchev–Trinajstić information content (AvgIpc) is 2.46. The summed E-state index contributed by atoms with van der Waals surface area (Å²) < 4.78 is 29.3. The zero-order chi connectivity index (χ0) is 16.8. The van der Waals surface area contributed by atoms with E-state index in [9.17, 15) is 13.6 Å². The smallest absolute Gasteiger partial charge is 0.319 e. The summed E-state index contributed by atoms with van der Waals surface area (Å²) in [5, 5.41) is -0.0697. The van der Waals surface area contributed by atoms with Crippen molar-refractivity contribution in [3.8, 4) is 0 Å². The summed E-state index contributed by atoms with van der Waals surface area (Å²) in [4.78, 5) is 12.1. The van der Waals surface area contributed by atoms with Crippen LogP contribution in [0.25, 0.3) is 0 Å². The zero-order valence-corrected chi connectivity index (χ0v) is 15.1. The Bertz CT molecular complexity index is 273. The van der Waals surface area contributed by atoms with E-state index in [2.05, 4.69) is 6.92 Å². The lowest BCUT2D eigenvalue weighted by Gasteiger charge is -2.16. The second kappa shape index (κ2) is 14.3. The first-order valence-electron chi connectivity index (χ1n) is 8.53. The molecule has 0 radical (unpaired) electrons. The number of alkyl halides is 2. The molecule has 0 amide bonds. The number of hydrogen-bond donors (Lipinski definition) is 0. The van der Waals surface area contributed by atoms with Gasteiger partial charge in [-0.2, -0.15) is 0 Å². The number of carbonyl (C=O) groups is 1. The topological polar surface area (TPSA) is 26.3 Å². The number of esters is 1. The Morgan fingerprint density at radius 3 is 2.32 bits per heavy atom. The van der Waals surface area contributed by atoms with Crippen LogP contribution in [0.2, 0.25) is 0 Å². The lowest BCUT2D eigenvalue weighted by Crippen LogP contribution is -2.22. The third-order valence-electron chi connectivity index (χ3n) is 3.28. The minimum atomic E-state index is -2.18. The molecule has 0 bridgehead atoms. The Hall–Kier alpha value is -0.320. The van der Waals surface area contributed by atoms with Crippen molar-refractivity contribution in [3.63, 3.8) is 0 Å². The molecule has 0 N–H and O–H groups in total. The fraction of sp³-hybridized carbons (Fsp3) is 0.941. The molecule has 0 aromatic rings. The molecular formula is C17H32F2O2S. The zero-order valence-electron chi connectivity index (χ0n) is 14.3. The Morgan fingerprint density at radius 1 is 1.05 bits per heavy atom. The third kappa shape index (κ3) is 13.4. The SMILES string of the molecule is CCCCC(SCCCCCCC(F)F)C(=O)OCC(C)C. The van der Waals surface area contributed by atoms with Crippen LogP contribution in [0.5, 0.6) is 0 Å². The molecule has 22 heavy (non-hydrogen) atoms. The van der Waals surface area contributed by atoms with Crippen molar-refractivity contribution in [3.05, 3.63) is 0 Å². The number of hydrogen-bond acceptors (Lipinski definition) is 3. The van der Waals surface area contributed by atoms with Gasteiger partial charge in [0.1, 0.15) is 5.25 Å². The van der Waals surface area contributed by atoms with Gasteiger partial charge >= 0.3 is 5.97 Å². The molecule has 0 aliphatic rings. The van der Waals surface area contributed by atoms with E-state index >= 15 is 0 Å². The van der Waals surface area contributed by atoms with Crippen LogP contribution in [0.4, 0.5) is 8.78 Å². The molecule has 0 aromatic heterocycles. The summed E-state index contributed by atoms with van der Waals surface area (Å²) in [5.41, 5.74) is 0. The van der Waals surface area contributed by atoms with Gasteiger partial charge in [-0.05, 0) is 30.9 Å². The highest BCUT2D eigenvalue weighted by atomic mass is 32.2. The number of halogens is 2. The maximum Gasteiger partial charge on any atom is 0.319 e. The molecule has 5 heteroatoms. The van der Waals surface area contributed by atoms with E-state index < -0.39 is 6.43 Å². The van der Waals surface area contributed by atoms with Crippen LogP contribution in [0.3, 0.4) is 0 Å². The molecule has 0 aromatic carbocycles. The van der Waals surface area contributed by atoms with Gasteiger partial charge in [0.25, 0.3) is 0 Å². The van der Waals surface area contributed by atoms with Gasteiger partial charge in [-0.3, -0.25) is 4.79 Å². The Labute approximate surface area is 138 Å². The summed E-state index contributed by atoms with van der Waals surface area (Å²) in [7, 11) is 0. The van der Waals surface area contributed by atoms with Crippen LogP contribution in [-0.2, 0) is 9.53 Å².